The predicted octanol–water partition coefficient (Wildman–Crippen LogP) is 3.63. The minimum Gasteiger partial charge on any atom is -0.353 e. The van der Waals surface area contributed by atoms with Crippen molar-refractivity contribution in [1.82, 2.24) is 9.88 Å². The number of rotatable bonds is 3. The lowest BCUT2D eigenvalue weighted by molar-refractivity contribution is -0.384. The van der Waals surface area contributed by atoms with Crippen LogP contribution in [0.1, 0.15) is 15.9 Å². The van der Waals surface area contributed by atoms with Gasteiger partial charge in [0.15, 0.2) is 0 Å². The van der Waals surface area contributed by atoms with Gasteiger partial charge >= 0.3 is 0 Å². The third-order valence-corrected chi connectivity index (χ3v) is 5.34. The maximum absolute atomic E-state index is 12.7. The Hall–Kier alpha value is -3.70. The van der Waals surface area contributed by atoms with Gasteiger partial charge in [-0.05, 0) is 36.4 Å². The van der Waals surface area contributed by atoms with Gasteiger partial charge in [0.2, 0.25) is 0 Å². The van der Waals surface area contributed by atoms with E-state index < -0.39 is 4.92 Å². The third-order valence-electron chi connectivity index (χ3n) is 5.09. The van der Waals surface area contributed by atoms with Crippen molar-refractivity contribution in [2.24, 2.45) is 0 Å². The van der Waals surface area contributed by atoms with Crippen molar-refractivity contribution >= 4 is 39.9 Å². The van der Waals surface area contributed by atoms with Crippen LogP contribution in [0.5, 0.6) is 0 Å². The number of nitriles is 1. The summed E-state index contributed by atoms with van der Waals surface area (Å²) in [5, 5.41) is 21.6. The maximum atomic E-state index is 12.7. The number of benzene rings is 2. The Kier molecular flexibility index (Phi) is 5.21. The Bertz CT molecular complexity index is 1180. The van der Waals surface area contributed by atoms with E-state index in [4.69, 9.17) is 11.6 Å². The SMILES string of the molecule is N#Cc1cc(N2CCN(C(=O)c3ccc(Cl)cc3)CC2)nc2ccc([N+](=O)[O-])cc12. The van der Waals surface area contributed by atoms with Crippen molar-refractivity contribution in [2.75, 3.05) is 31.1 Å². The fourth-order valence-electron chi connectivity index (χ4n) is 3.48. The standard InChI is InChI=1S/C21H16ClN5O3/c22-16-3-1-14(2-4-16)21(28)26-9-7-25(8-10-26)20-11-15(13-23)18-12-17(27(29)30)5-6-19(18)24-20/h1-6,11-12H,7-10H2. The van der Waals surface area contributed by atoms with Crippen molar-refractivity contribution in [1.29, 1.82) is 5.26 Å². The van der Waals surface area contributed by atoms with E-state index in [1.54, 1.807) is 41.3 Å². The first kappa shape index (κ1) is 19.6. The molecule has 3 aromatic rings. The molecule has 0 aliphatic carbocycles. The number of anilines is 1. The largest absolute Gasteiger partial charge is 0.353 e. The van der Waals surface area contributed by atoms with Crippen LogP contribution in [0.4, 0.5) is 11.5 Å². The summed E-state index contributed by atoms with van der Waals surface area (Å²) in [6, 6.07) is 14.8. The van der Waals surface area contributed by atoms with Gasteiger partial charge in [-0.1, -0.05) is 11.6 Å². The van der Waals surface area contributed by atoms with Crippen LogP contribution in [0.2, 0.25) is 5.02 Å². The number of carbonyl (C=O) groups is 1. The number of amides is 1. The maximum Gasteiger partial charge on any atom is 0.270 e. The molecule has 2 heterocycles. The Morgan fingerprint density at radius 1 is 1.10 bits per heavy atom. The van der Waals surface area contributed by atoms with Gasteiger partial charge in [0, 0.05) is 54.3 Å². The van der Waals surface area contributed by atoms with E-state index in [9.17, 15) is 20.2 Å². The third kappa shape index (κ3) is 3.75. The molecule has 30 heavy (non-hydrogen) atoms. The number of halogens is 1. The van der Waals surface area contributed by atoms with E-state index in [1.165, 1.54) is 12.1 Å². The van der Waals surface area contributed by atoms with E-state index in [1.807, 2.05) is 4.90 Å². The average molecular weight is 422 g/mol. The summed E-state index contributed by atoms with van der Waals surface area (Å²) in [6.07, 6.45) is 0. The number of piperazine rings is 1. The second-order valence-electron chi connectivity index (χ2n) is 6.88. The summed E-state index contributed by atoms with van der Waals surface area (Å²) in [5.41, 5.74) is 1.36. The van der Waals surface area contributed by atoms with Crippen molar-refractivity contribution in [3.05, 3.63) is 74.8 Å². The molecule has 1 saturated heterocycles. The topological polar surface area (TPSA) is 103 Å². The van der Waals surface area contributed by atoms with Crippen LogP contribution < -0.4 is 4.90 Å². The molecule has 1 aromatic heterocycles. The lowest BCUT2D eigenvalue weighted by Crippen LogP contribution is -2.49. The van der Waals surface area contributed by atoms with Gasteiger partial charge in [-0.3, -0.25) is 14.9 Å². The highest BCUT2D eigenvalue weighted by molar-refractivity contribution is 6.30. The Morgan fingerprint density at radius 2 is 1.80 bits per heavy atom. The normalized spacial score (nSPS) is 13.9. The summed E-state index contributed by atoms with van der Waals surface area (Å²) >= 11 is 5.88. The van der Waals surface area contributed by atoms with Gasteiger partial charge in [0.05, 0.1) is 22.1 Å². The first-order valence-corrected chi connectivity index (χ1v) is 9.63. The van der Waals surface area contributed by atoms with Crippen LogP contribution >= 0.6 is 11.6 Å². The number of non-ortho nitro benzene ring substituents is 1. The number of aromatic nitrogens is 1. The van der Waals surface area contributed by atoms with E-state index in [2.05, 4.69) is 11.1 Å². The summed E-state index contributed by atoms with van der Waals surface area (Å²) in [6.45, 7) is 2.16. The molecule has 0 bridgehead atoms. The molecule has 0 N–H and O–H groups in total. The van der Waals surface area contributed by atoms with Gasteiger partial charge in [-0.2, -0.15) is 5.26 Å². The number of fused-ring (bicyclic) bond motifs is 1. The Labute approximate surface area is 177 Å². The van der Waals surface area contributed by atoms with Gasteiger partial charge in [-0.25, -0.2) is 4.98 Å². The summed E-state index contributed by atoms with van der Waals surface area (Å²) in [4.78, 5) is 31.6. The number of carbonyl (C=O) groups excluding carboxylic acids is 1. The smallest absolute Gasteiger partial charge is 0.270 e. The lowest BCUT2D eigenvalue weighted by atomic mass is 10.1. The quantitative estimate of drug-likeness (QED) is 0.472. The molecule has 0 atom stereocenters. The Balaban J connectivity index is 1.54. The van der Waals surface area contributed by atoms with Crippen LogP contribution in [0.25, 0.3) is 10.9 Å². The number of nitrogens with zero attached hydrogens (tertiary/aromatic N) is 5. The molecule has 8 nitrogen and oxygen atoms in total. The first-order chi connectivity index (χ1) is 14.5. The highest BCUT2D eigenvalue weighted by Gasteiger charge is 2.24. The van der Waals surface area contributed by atoms with E-state index in [-0.39, 0.29) is 11.6 Å². The van der Waals surface area contributed by atoms with Crippen LogP contribution in [0, 0.1) is 21.4 Å². The minimum atomic E-state index is -0.495. The van der Waals surface area contributed by atoms with E-state index in [0.29, 0.717) is 59.0 Å². The molecule has 1 amide bonds. The van der Waals surface area contributed by atoms with Crippen LogP contribution in [-0.4, -0.2) is 46.9 Å². The molecule has 0 unspecified atom stereocenters. The van der Waals surface area contributed by atoms with Crippen molar-refractivity contribution in [3.8, 4) is 6.07 Å². The summed E-state index contributed by atoms with van der Waals surface area (Å²) in [7, 11) is 0. The number of hydrogen-bond donors (Lipinski definition) is 0. The molecule has 9 heteroatoms. The highest BCUT2D eigenvalue weighted by Crippen LogP contribution is 2.27. The van der Waals surface area contributed by atoms with Crippen LogP contribution in [0.15, 0.2) is 48.5 Å². The number of hydrogen-bond acceptors (Lipinski definition) is 6. The molecular weight excluding hydrogens is 406 g/mol. The molecule has 4 rings (SSSR count). The molecule has 1 aliphatic heterocycles. The molecular formula is C21H16ClN5O3. The molecule has 0 spiro atoms. The second-order valence-corrected chi connectivity index (χ2v) is 7.32. The van der Waals surface area contributed by atoms with Gasteiger partial charge in [-0.15, -0.1) is 0 Å². The zero-order chi connectivity index (χ0) is 21.3. The lowest BCUT2D eigenvalue weighted by Gasteiger charge is -2.35. The molecule has 150 valence electrons. The van der Waals surface area contributed by atoms with Crippen molar-refractivity contribution < 1.29 is 9.72 Å². The second kappa shape index (κ2) is 7.97. The highest BCUT2D eigenvalue weighted by atomic mass is 35.5. The molecule has 0 saturated carbocycles. The monoisotopic (exact) mass is 421 g/mol. The first-order valence-electron chi connectivity index (χ1n) is 9.25. The molecule has 1 fully saturated rings. The fourth-order valence-corrected chi connectivity index (χ4v) is 3.61. The van der Waals surface area contributed by atoms with Crippen LogP contribution in [-0.2, 0) is 0 Å². The van der Waals surface area contributed by atoms with Crippen molar-refractivity contribution in [2.45, 2.75) is 0 Å². The number of nitro benzene ring substituents is 1. The predicted molar refractivity (Wildman–Crippen MR) is 113 cm³/mol. The number of nitro groups is 1. The summed E-state index contributed by atoms with van der Waals surface area (Å²) < 4.78 is 0. The fraction of sp³-hybridized carbons (Fsp3) is 0.190. The van der Waals surface area contributed by atoms with Gasteiger partial charge in [0.1, 0.15) is 5.82 Å². The average Bonchev–Trinajstić information content (AvgIpc) is 2.78. The van der Waals surface area contributed by atoms with Crippen molar-refractivity contribution in [3.63, 3.8) is 0 Å². The minimum absolute atomic E-state index is 0.0530. The zero-order valence-electron chi connectivity index (χ0n) is 15.8. The molecule has 1 aliphatic rings. The molecule has 2 aromatic carbocycles. The number of pyridine rings is 1. The van der Waals surface area contributed by atoms with Gasteiger partial charge < -0.3 is 9.80 Å². The van der Waals surface area contributed by atoms with E-state index >= 15 is 0 Å². The molecule has 0 radical (unpaired) electrons. The Morgan fingerprint density at radius 3 is 2.43 bits per heavy atom. The zero-order valence-corrected chi connectivity index (χ0v) is 16.5. The van der Waals surface area contributed by atoms with E-state index in [0.717, 1.165) is 0 Å². The van der Waals surface area contributed by atoms with Crippen LogP contribution in [0.3, 0.4) is 0 Å². The van der Waals surface area contributed by atoms with Gasteiger partial charge in [0.25, 0.3) is 11.6 Å². The summed E-state index contributed by atoms with van der Waals surface area (Å²) in [5.74, 6) is 0.564.